The van der Waals surface area contributed by atoms with E-state index in [1.165, 1.54) is 32.3 Å². The zero-order valence-electron chi connectivity index (χ0n) is 16.0. The highest BCUT2D eigenvalue weighted by molar-refractivity contribution is 7.89. The summed E-state index contributed by atoms with van der Waals surface area (Å²) in [6, 6.07) is 10.8. The lowest BCUT2D eigenvalue weighted by Gasteiger charge is -2.20. The average molecular weight is 417 g/mol. The van der Waals surface area contributed by atoms with Crippen molar-refractivity contribution in [1.82, 2.24) is 4.31 Å². The first kappa shape index (κ1) is 19.5. The molecule has 0 aromatic heterocycles. The number of halogens is 1. The fourth-order valence-electron chi connectivity index (χ4n) is 3.50. The van der Waals surface area contributed by atoms with Gasteiger partial charge < -0.3 is 9.74 Å². The molecule has 2 heterocycles. The maximum Gasteiger partial charge on any atom is 0.271 e. The maximum absolute atomic E-state index is 13.4. The minimum atomic E-state index is -3.54. The van der Waals surface area contributed by atoms with Gasteiger partial charge in [-0.3, -0.25) is 4.79 Å². The standard InChI is InChI=1S/C20H20FN3O4S/c1-23(2)29(26,27)16-6-7-18-14(11-16)8-9-24(18)20(25)19-12-17(22-28-19)13-4-3-5-15(21)10-13/h3-7,10-11,19H,8-9,12H2,1-2H3/t19-/m0/s1. The van der Waals surface area contributed by atoms with Crippen molar-refractivity contribution in [1.29, 1.82) is 0 Å². The van der Waals surface area contributed by atoms with E-state index < -0.39 is 16.1 Å². The van der Waals surface area contributed by atoms with Gasteiger partial charge in [-0.2, -0.15) is 0 Å². The summed E-state index contributed by atoms with van der Waals surface area (Å²) in [5.74, 6) is -0.626. The first-order valence-electron chi connectivity index (χ1n) is 9.13. The van der Waals surface area contributed by atoms with E-state index in [0.29, 0.717) is 29.9 Å². The normalized spacial score (nSPS) is 18.6. The van der Waals surface area contributed by atoms with E-state index in [1.54, 1.807) is 29.2 Å². The molecule has 0 saturated carbocycles. The molecule has 0 bridgehead atoms. The molecular weight excluding hydrogens is 397 g/mol. The van der Waals surface area contributed by atoms with Crippen LogP contribution in [0, 0.1) is 5.82 Å². The van der Waals surface area contributed by atoms with Crippen LogP contribution < -0.4 is 4.90 Å². The third kappa shape index (κ3) is 3.51. The molecule has 2 aliphatic heterocycles. The molecule has 0 spiro atoms. The highest BCUT2D eigenvalue weighted by atomic mass is 32.2. The molecule has 152 valence electrons. The van der Waals surface area contributed by atoms with E-state index in [0.717, 1.165) is 9.87 Å². The monoisotopic (exact) mass is 417 g/mol. The smallest absolute Gasteiger partial charge is 0.271 e. The molecular formula is C20H20FN3O4S. The van der Waals surface area contributed by atoms with Gasteiger partial charge in [-0.1, -0.05) is 17.3 Å². The summed E-state index contributed by atoms with van der Waals surface area (Å²) in [5, 5.41) is 3.96. The number of anilines is 1. The molecule has 0 saturated heterocycles. The predicted octanol–water partition coefficient (Wildman–Crippen LogP) is 2.16. The number of hydrogen-bond donors (Lipinski definition) is 0. The summed E-state index contributed by atoms with van der Waals surface area (Å²) >= 11 is 0. The second-order valence-corrected chi connectivity index (χ2v) is 9.32. The van der Waals surface area contributed by atoms with Crippen molar-refractivity contribution < 1.29 is 22.4 Å². The molecule has 29 heavy (non-hydrogen) atoms. The Hall–Kier alpha value is -2.78. The van der Waals surface area contributed by atoms with E-state index in [4.69, 9.17) is 4.84 Å². The Balaban J connectivity index is 1.51. The molecule has 4 rings (SSSR count). The fraction of sp³-hybridized carbons (Fsp3) is 0.300. The number of nitrogens with zero attached hydrogens (tertiary/aromatic N) is 3. The van der Waals surface area contributed by atoms with Crippen LogP contribution in [0.25, 0.3) is 0 Å². The van der Waals surface area contributed by atoms with Crippen molar-refractivity contribution >= 4 is 27.3 Å². The number of carbonyl (C=O) groups excluding carboxylic acids is 1. The van der Waals surface area contributed by atoms with Gasteiger partial charge in [0, 0.05) is 38.3 Å². The Morgan fingerprint density at radius 3 is 2.76 bits per heavy atom. The molecule has 2 aromatic rings. The first-order chi connectivity index (χ1) is 13.8. The molecule has 0 unspecified atom stereocenters. The lowest BCUT2D eigenvalue weighted by molar-refractivity contribution is -0.128. The third-order valence-electron chi connectivity index (χ3n) is 5.09. The molecule has 0 radical (unpaired) electrons. The van der Waals surface area contributed by atoms with Crippen molar-refractivity contribution in [2.75, 3.05) is 25.5 Å². The largest absolute Gasteiger partial charge is 0.382 e. The number of oxime groups is 1. The van der Waals surface area contributed by atoms with Crippen LogP contribution in [0.15, 0.2) is 52.5 Å². The summed E-state index contributed by atoms with van der Waals surface area (Å²) < 4.78 is 39.3. The summed E-state index contributed by atoms with van der Waals surface area (Å²) in [6.45, 7) is 0.439. The summed E-state index contributed by atoms with van der Waals surface area (Å²) in [7, 11) is -0.581. The highest BCUT2D eigenvalue weighted by Crippen LogP contribution is 2.32. The third-order valence-corrected chi connectivity index (χ3v) is 6.90. The maximum atomic E-state index is 13.4. The second-order valence-electron chi connectivity index (χ2n) is 7.16. The van der Waals surface area contributed by atoms with Gasteiger partial charge in [-0.15, -0.1) is 0 Å². The Morgan fingerprint density at radius 2 is 2.03 bits per heavy atom. The zero-order chi connectivity index (χ0) is 20.8. The Labute approximate surface area is 168 Å². The van der Waals surface area contributed by atoms with E-state index in [1.807, 2.05) is 0 Å². The summed E-state index contributed by atoms with van der Waals surface area (Å²) in [6.07, 6.45) is 0.0213. The number of amides is 1. The topological polar surface area (TPSA) is 79.3 Å². The van der Waals surface area contributed by atoms with Crippen LogP contribution in [0.4, 0.5) is 10.1 Å². The number of sulfonamides is 1. The van der Waals surface area contributed by atoms with Gasteiger partial charge in [0.25, 0.3) is 5.91 Å². The lowest BCUT2D eigenvalue weighted by atomic mass is 10.0. The molecule has 0 aliphatic carbocycles. The molecule has 1 amide bonds. The second kappa shape index (κ2) is 7.23. The van der Waals surface area contributed by atoms with Crippen LogP contribution in [-0.2, 0) is 26.1 Å². The molecule has 2 aromatic carbocycles. The minimum Gasteiger partial charge on any atom is -0.382 e. The van der Waals surface area contributed by atoms with Gasteiger partial charge in [0.05, 0.1) is 10.6 Å². The van der Waals surface area contributed by atoms with E-state index in [9.17, 15) is 17.6 Å². The summed E-state index contributed by atoms with van der Waals surface area (Å²) in [5.41, 5.74) is 2.58. The van der Waals surface area contributed by atoms with E-state index in [-0.39, 0.29) is 23.0 Å². The lowest BCUT2D eigenvalue weighted by Crippen LogP contribution is -2.38. The van der Waals surface area contributed by atoms with E-state index in [2.05, 4.69) is 5.16 Å². The van der Waals surface area contributed by atoms with Crippen molar-refractivity contribution in [3.63, 3.8) is 0 Å². The van der Waals surface area contributed by atoms with Crippen molar-refractivity contribution in [3.05, 3.63) is 59.4 Å². The zero-order valence-corrected chi connectivity index (χ0v) is 16.8. The van der Waals surface area contributed by atoms with Crippen molar-refractivity contribution in [2.24, 2.45) is 5.16 Å². The summed E-state index contributed by atoms with van der Waals surface area (Å²) in [4.78, 5) is 20.1. The van der Waals surface area contributed by atoms with Crippen molar-refractivity contribution in [3.8, 4) is 0 Å². The van der Waals surface area contributed by atoms with Crippen LogP contribution in [0.3, 0.4) is 0 Å². The van der Waals surface area contributed by atoms with Crippen LogP contribution in [0.2, 0.25) is 0 Å². The minimum absolute atomic E-state index is 0.199. The van der Waals surface area contributed by atoms with Crippen LogP contribution in [0.1, 0.15) is 17.5 Å². The van der Waals surface area contributed by atoms with Gasteiger partial charge in [0.1, 0.15) is 5.82 Å². The Morgan fingerprint density at radius 1 is 1.24 bits per heavy atom. The number of carbonyl (C=O) groups is 1. The van der Waals surface area contributed by atoms with Crippen LogP contribution >= 0.6 is 0 Å². The number of benzene rings is 2. The van der Waals surface area contributed by atoms with Gasteiger partial charge in [-0.25, -0.2) is 17.1 Å². The van der Waals surface area contributed by atoms with Gasteiger partial charge in [0.2, 0.25) is 16.1 Å². The fourth-order valence-corrected chi connectivity index (χ4v) is 4.45. The first-order valence-corrected chi connectivity index (χ1v) is 10.6. The molecule has 7 nitrogen and oxygen atoms in total. The molecule has 9 heteroatoms. The number of fused-ring (bicyclic) bond motifs is 1. The molecule has 1 atom stereocenters. The van der Waals surface area contributed by atoms with Gasteiger partial charge in [0.15, 0.2) is 0 Å². The highest BCUT2D eigenvalue weighted by Gasteiger charge is 2.36. The number of hydrogen-bond acceptors (Lipinski definition) is 5. The number of rotatable bonds is 4. The Kier molecular flexibility index (Phi) is 4.87. The molecule has 0 fully saturated rings. The quantitative estimate of drug-likeness (QED) is 0.764. The van der Waals surface area contributed by atoms with Crippen LogP contribution in [-0.4, -0.2) is 51.1 Å². The van der Waals surface area contributed by atoms with Gasteiger partial charge >= 0.3 is 0 Å². The SMILES string of the molecule is CN(C)S(=O)(=O)c1ccc2c(c1)CCN2C(=O)[C@@H]1CC(c2cccc(F)c2)=NO1. The average Bonchev–Trinajstić information content (AvgIpc) is 3.34. The molecule has 0 N–H and O–H groups in total. The van der Waals surface area contributed by atoms with E-state index >= 15 is 0 Å². The Bertz CT molecular complexity index is 1110. The molecule has 2 aliphatic rings. The van der Waals surface area contributed by atoms with Gasteiger partial charge in [-0.05, 0) is 42.3 Å². The van der Waals surface area contributed by atoms with Crippen molar-refractivity contribution in [2.45, 2.75) is 23.8 Å². The predicted molar refractivity (Wildman–Crippen MR) is 106 cm³/mol. The van der Waals surface area contributed by atoms with Crippen LogP contribution in [0.5, 0.6) is 0 Å².